The monoisotopic (exact) mass is 237 g/mol. The second-order valence-corrected chi connectivity index (χ2v) is 5.10. The molecular weight excluding hydrogens is 214 g/mol. The van der Waals surface area contributed by atoms with E-state index in [1.165, 1.54) is 5.56 Å². The molecule has 0 bridgehead atoms. The standard InChI is InChI=1S/C13H23N3O/c1-13(2,3)10-8-9(12(15-4)16-14)6-7-11(10)17-5/h6-8,12,15-16H,14H2,1-5H3. The third-order valence-electron chi connectivity index (χ3n) is 2.82. The van der Waals surface area contributed by atoms with Crippen molar-refractivity contribution in [3.8, 4) is 5.75 Å². The van der Waals surface area contributed by atoms with E-state index in [1.807, 2.05) is 19.2 Å². The summed E-state index contributed by atoms with van der Waals surface area (Å²) >= 11 is 0. The molecule has 0 aliphatic rings. The van der Waals surface area contributed by atoms with Crippen LogP contribution in [0.4, 0.5) is 0 Å². The molecule has 0 saturated carbocycles. The van der Waals surface area contributed by atoms with Gasteiger partial charge in [0.05, 0.1) is 13.3 Å². The first kappa shape index (κ1) is 14.0. The molecule has 0 aliphatic heterocycles. The highest BCUT2D eigenvalue weighted by molar-refractivity contribution is 5.42. The molecule has 4 heteroatoms. The molecule has 0 radical (unpaired) electrons. The summed E-state index contributed by atoms with van der Waals surface area (Å²) in [6, 6.07) is 6.12. The zero-order chi connectivity index (χ0) is 13.1. The van der Waals surface area contributed by atoms with Crippen LogP contribution in [0.15, 0.2) is 18.2 Å². The van der Waals surface area contributed by atoms with Crippen LogP contribution in [0, 0.1) is 0 Å². The lowest BCUT2D eigenvalue weighted by atomic mass is 9.85. The number of ether oxygens (including phenoxy) is 1. The van der Waals surface area contributed by atoms with Gasteiger partial charge in [0.15, 0.2) is 0 Å². The molecule has 17 heavy (non-hydrogen) atoms. The summed E-state index contributed by atoms with van der Waals surface area (Å²) in [4.78, 5) is 0. The Hall–Kier alpha value is -1.10. The molecule has 0 spiro atoms. The third-order valence-corrected chi connectivity index (χ3v) is 2.82. The van der Waals surface area contributed by atoms with Gasteiger partial charge in [-0.05, 0) is 35.7 Å². The molecule has 1 rings (SSSR count). The van der Waals surface area contributed by atoms with Crippen molar-refractivity contribution in [1.29, 1.82) is 0 Å². The zero-order valence-electron chi connectivity index (χ0n) is 11.3. The predicted molar refractivity (Wildman–Crippen MR) is 70.8 cm³/mol. The van der Waals surface area contributed by atoms with Crippen LogP contribution in [-0.2, 0) is 5.41 Å². The van der Waals surface area contributed by atoms with Gasteiger partial charge in [-0.3, -0.25) is 5.84 Å². The Morgan fingerprint density at radius 1 is 1.29 bits per heavy atom. The Bertz CT molecular complexity index is 367. The molecule has 4 nitrogen and oxygen atoms in total. The predicted octanol–water partition coefficient (Wildman–Crippen LogP) is 1.67. The first-order valence-corrected chi connectivity index (χ1v) is 5.76. The minimum Gasteiger partial charge on any atom is -0.496 e. The zero-order valence-corrected chi connectivity index (χ0v) is 11.3. The van der Waals surface area contributed by atoms with Crippen LogP contribution in [0.25, 0.3) is 0 Å². The summed E-state index contributed by atoms with van der Waals surface area (Å²) in [6.07, 6.45) is -0.0537. The second-order valence-electron chi connectivity index (χ2n) is 5.10. The lowest BCUT2D eigenvalue weighted by Gasteiger charge is -2.24. The molecule has 0 amide bonds. The number of hydrogen-bond donors (Lipinski definition) is 3. The van der Waals surface area contributed by atoms with E-state index >= 15 is 0 Å². The van der Waals surface area contributed by atoms with Gasteiger partial charge in [0.1, 0.15) is 5.75 Å². The summed E-state index contributed by atoms with van der Waals surface area (Å²) in [6.45, 7) is 6.50. The lowest BCUT2D eigenvalue weighted by Crippen LogP contribution is -2.36. The maximum absolute atomic E-state index is 5.50. The normalized spacial score (nSPS) is 13.5. The van der Waals surface area contributed by atoms with Gasteiger partial charge < -0.3 is 10.1 Å². The average Bonchev–Trinajstić information content (AvgIpc) is 2.29. The van der Waals surface area contributed by atoms with Gasteiger partial charge in [0.25, 0.3) is 0 Å². The molecule has 96 valence electrons. The van der Waals surface area contributed by atoms with Crippen LogP contribution in [-0.4, -0.2) is 14.2 Å². The van der Waals surface area contributed by atoms with Gasteiger partial charge in [-0.25, -0.2) is 5.43 Å². The molecule has 4 N–H and O–H groups in total. The summed E-state index contributed by atoms with van der Waals surface area (Å²) in [7, 11) is 3.56. The lowest BCUT2D eigenvalue weighted by molar-refractivity contribution is 0.396. The summed E-state index contributed by atoms with van der Waals surface area (Å²) in [5.41, 5.74) is 5.04. The van der Waals surface area contributed by atoms with Crippen LogP contribution in [0.5, 0.6) is 5.75 Å². The molecule has 1 aromatic rings. The number of nitrogens with two attached hydrogens (primary N) is 1. The van der Waals surface area contributed by atoms with E-state index in [0.717, 1.165) is 11.3 Å². The fraction of sp³-hybridized carbons (Fsp3) is 0.538. The molecule has 1 aromatic carbocycles. The van der Waals surface area contributed by atoms with Crippen molar-refractivity contribution in [1.82, 2.24) is 10.7 Å². The van der Waals surface area contributed by atoms with Crippen molar-refractivity contribution in [2.24, 2.45) is 5.84 Å². The number of hydrazine groups is 1. The molecule has 0 aromatic heterocycles. The number of benzene rings is 1. The number of rotatable bonds is 4. The van der Waals surface area contributed by atoms with Crippen molar-refractivity contribution >= 4 is 0 Å². The Balaban J connectivity index is 3.22. The van der Waals surface area contributed by atoms with Crippen molar-refractivity contribution in [3.05, 3.63) is 29.3 Å². The highest BCUT2D eigenvalue weighted by atomic mass is 16.5. The highest BCUT2D eigenvalue weighted by Gasteiger charge is 2.20. The van der Waals surface area contributed by atoms with Gasteiger partial charge in [-0.2, -0.15) is 0 Å². The Kier molecular flexibility index (Phi) is 4.51. The van der Waals surface area contributed by atoms with E-state index in [4.69, 9.17) is 10.6 Å². The van der Waals surface area contributed by atoms with Gasteiger partial charge >= 0.3 is 0 Å². The van der Waals surface area contributed by atoms with Crippen LogP contribution in [0.1, 0.15) is 38.1 Å². The van der Waals surface area contributed by atoms with Gasteiger partial charge in [-0.15, -0.1) is 0 Å². The smallest absolute Gasteiger partial charge is 0.122 e. The van der Waals surface area contributed by atoms with Crippen molar-refractivity contribution < 1.29 is 4.74 Å². The summed E-state index contributed by atoms with van der Waals surface area (Å²) in [5, 5.41) is 3.11. The third kappa shape index (κ3) is 3.19. The maximum Gasteiger partial charge on any atom is 0.122 e. The van der Waals surface area contributed by atoms with Crippen LogP contribution < -0.4 is 21.3 Å². The number of methoxy groups -OCH3 is 1. The second kappa shape index (κ2) is 5.49. The molecular formula is C13H23N3O. The van der Waals surface area contributed by atoms with E-state index in [0.29, 0.717) is 0 Å². The Morgan fingerprint density at radius 2 is 1.94 bits per heavy atom. The molecule has 0 aliphatic carbocycles. The van der Waals surface area contributed by atoms with Gasteiger partial charge in [-0.1, -0.05) is 26.8 Å². The number of nitrogens with one attached hydrogen (secondary N) is 2. The largest absolute Gasteiger partial charge is 0.496 e. The fourth-order valence-corrected chi connectivity index (χ4v) is 1.84. The first-order valence-electron chi connectivity index (χ1n) is 5.76. The molecule has 0 saturated heterocycles. The molecule has 1 atom stereocenters. The van der Waals surface area contributed by atoms with Crippen molar-refractivity contribution in [3.63, 3.8) is 0 Å². The molecule has 0 heterocycles. The average molecular weight is 237 g/mol. The van der Waals surface area contributed by atoms with E-state index in [1.54, 1.807) is 7.11 Å². The first-order chi connectivity index (χ1) is 7.93. The molecule has 1 unspecified atom stereocenters. The Labute approximate surface area is 104 Å². The fourth-order valence-electron chi connectivity index (χ4n) is 1.84. The van der Waals surface area contributed by atoms with Crippen molar-refractivity contribution in [2.75, 3.05) is 14.2 Å². The maximum atomic E-state index is 5.50. The topological polar surface area (TPSA) is 59.3 Å². The van der Waals surface area contributed by atoms with E-state index in [-0.39, 0.29) is 11.6 Å². The van der Waals surface area contributed by atoms with Gasteiger partial charge in [0.2, 0.25) is 0 Å². The quantitative estimate of drug-likeness (QED) is 0.423. The van der Waals surface area contributed by atoms with Gasteiger partial charge in [0, 0.05) is 0 Å². The highest BCUT2D eigenvalue weighted by Crippen LogP contribution is 2.32. The minimum absolute atomic E-state index is 0.0360. The van der Waals surface area contributed by atoms with E-state index in [2.05, 4.69) is 37.6 Å². The van der Waals surface area contributed by atoms with E-state index in [9.17, 15) is 0 Å². The van der Waals surface area contributed by atoms with Crippen LogP contribution >= 0.6 is 0 Å². The minimum atomic E-state index is -0.0537. The van der Waals surface area contributed by atoms with Crippen LogP contribution in [0.3, 0.4) is 0 Å². The number of hydrogen-bond acceptors (Lipinski definition) is 4. The SMILES string of the molecule is CNC(NN)c1ccc(OC)c(C(C)(C)C)c1. The Morgan fingerprint density at radius 3 is 2.35 bits per heavy atom. The van der Waals surface area contributed by atoms with E-state index < -0.39 is 0 Å². The summed E-state index contributed by atoms with van der Waals surface area (Å²) < 4.78 is 5.40. The van der Waals surface area contributed by atoms with Crippen molar-refractivity contribution in [2.45, 2.75) is 32.4 Å². The molecule has 0 fully saturated rings. The summed E-state index contributed by atoms with van der Waals surface area (Å²) in [5.74, 6) is 6.41. The van der Waals surface area contributed by atoms with Crippen LogP contribution in [0.2, 0.25) is 0 Å².